The quantitative estimate of drug-likeness (QED) is 0.624. The molecule has 0 bridgehead atoms. The van der Waals surface area contributed by atoms with Crippen LogP contribution in [0.5, 0.6) is 0 Å². The Morgan fingerprint density at radius 3 is 2.83 bits per heavy atom. The van der Waals surface area contributed by atoms with Crippen LogP contribution in [0.3, 0.4) is 0 Å². The molecule has 0 unspecified atom stereocenters. The molecule has 0 saturated carbocycles. The van der Waals surface area contributed by atoms with E-state index in [2.05, 4.69) is 5.43 Å². The normalized spacial score (nSPS) is 16.1. The molecule has 0 radical (unpaired) electrons. The molecule has 0 aliphatic carbocycles. The highest BCUT2D eigenvalue weighted by Gasteiger charge is 2.34. The van der Waals surface area contributed by atoms with Gasteiger partial charge in [-0.2, -0.15) is 5.01 Å². The Bertz CT molecular complexity index is 876. The number of hydrogen-bond acceptors (Lipinski definition) is 5. The molecule has 0 spiro atoms. The third-order valence-electron chi connectivity index (χ3n) is 3.26. The van der Waals surface area contributed by atoms with Crippen LogP contribution in [-0.4, -0.2) is 21.1 Å². The molecule has 1 aromatic heterocycles. The number of hydrogen-bond donors (Lipinski definition) is 1. The molecule has 1 aromatic carbocycles. The van der Waals surface area contributed by atoms with E-state index in [0.29, 0.717) is 15.5 Å². The minimum Gasteiger partial charge on any atom is -0.267 e. The summed E-state index contributed by atoms with van der Waals surface area (Å²) in [4.78, 5) is 26.3. The van der Waals surface area contributed by atoms with Crippen LogP contribution < -0.4 is 5.43 Å². The lowest BCUT2D eigenvalue weighted by Crippen LogP contribution is -2.44. The van der Waals surface area contributed by atoms with Crippen molar-refractivity contribution in [3.63, 3.8) is 0 Å². The van der Waals surface area contributed by atoms with Crippen molar-refractivity contribution in [1.29, 1.82) is 0 Å². The minimum absolute atomic E-state index is 0.288. The molecule has 4 nitrogen and oxygen atoms in total. The summed E-state index contributed by atoms with van der Waals surface area (Å²) >= 11 is 13.8. The monoisotopic (exact) mass is 394 g/mol. The zero-order valence-electron chi connectivity index (χ0n) is 12.4. The number of amides is 2. The van der Waals surface area contributed by atoms with Crippen LogP contribution in [0.4, 0.5) is 0 Å². The number of thioether (sulfide) groups is 1. The van der Waals surface area contributed by atoms with Crippen molar-refractivity contribution in [2.24, 2.45) is 0 Å². The molecule has 1 saturated heterocycles. The molecule has 0 atom stereocenters. The number of carbonyl (C=O) groups is 2. The molecular weight excluding hydrogens is 384 g/mol. The summed E-state index contributed by atoms with van der Waals surface area (Å²) in [6.45, 7) is 1.98. The molecule has 24 heavy (non-hydrogen) atoms. The third kappa shape index (κ3) is 3.54. The number of rotatable bonds is 3. The lowest BCUT2D eigenvalue weighted by atomic mass is 10.2. The Balaban J connectivity index is 1.79. The van der Waals surface area contributed by atoms with E-state index in [0.717, 1.165) is 27.2 Å². The fraction of sp³-hybridized carbons (Fsp3) is 0.0625. The first kappa shape index (κ1) is 17.2. The summed E-state index contributed by atoms with van der Waals surface area (Å²) in [6.07, 6.45) is 1.80. The van der Waals surface area contributed by atoms with Gasteiger partial charge in [0.15, 0.2) is 4.32 Å². The Hall–Kier alpha value is -1.67. The van der Waals surface area contributed by atoms with Crippen molar-refractivity contribution in [3.05, 3.63) is 61.6 Å². The summed E-state index contributed by atoms with van der Waals surface area (Å²) in [5.41, 5.74) is 3.98. The van der Waals surface area contributed by atoms with Gasteiger partial charge in [-0.05, 0) is 60.4 Å². The molecule has 2 aromatic rings. The van der Waals surface area contributed by atoms with Crippen LogP contribution in [0, 0.1) is 6.92 Å². The predicted octanol–water partition coefficient (Wildman–Crippen LogP) is 4.26. The van der Waals surface area contributed by atoms with Gasteiger partial charge in [0.1, 0.15) is 0 Å². The van der Waals surface area contributed by atoms with Gasteiger partial charge in [0, 0.05) is 15.5 Å². The average Bonchev–Trinajstić information content (AvgIpc) is 3.06. The molecule has 2 heterocycles. The number of halogens is 1. The zero-order valence-corrected chi connectivity index (χ0v) is 15.6. The highest BCUT2D eigenvalue weighted by atomic mass is 35.5. The number of nitrogens with zero attached hydrogens (tertiary/aromatic N) is 1. The van der Waals surface area contributed by atoms with Crippen molar-refractivity contribution in [2.45, 2.75) is 6.92 Å². The lowest BCUT2D eigenvalue weighted by molar-refractivity contribution is -0.123. The van der Waals surface area contributed by atoms with Gasteiger partial charge in [0.25, 0.3) is 11.8 Å². The van der Waals surface area contributed by atoms with Gasteiger partial charge in [-0.3, -0.25) is 15.0 Å². The lowest BCUT2D eigenvalue weighted by Gasteiger charge is -2.15. The second-order valence-electron chi connectivity index (χ2n) is 4.94. The van der Waals surface area contributed by atoms with E-state index in [1.165, 1.54) is 6.07 Å². The first-order valence-corrected chi connectivity index (χ1v) is 9.32. The van der Waals surface area contributed by atoms with Crippen molar-refractivity contribution in [2.75, 3.05) is 0 Å². The van der Waals surface area contributed by atoms with E-state index >= 15 is 0 Å². The summed E-state index contributed by atoms with van der Waals surface area (Å²) in [5, 5.41) is 3.50. The average molecular weight is 395 g/mol. The van der Waals surface area contributed by atoms with Gasteiger partial charge in [0.2, 0.25) is 0 Å². The van der Waals surface area contributed by atoms with Crippen molar-refractivity contribution < 1.29 is 9.59 Å². The summed E-state index contributed by atoms with van der Waals surface area (Å²) in [6, 6.07) is 8.46. The topological polar surface area (TPSA) is 49.4 Å². The second-order valence-corrected chi connectivity index (χ2v) is 8.00. The highest BCUT2D eigenvalue weighted by Crippen LogP contribution is 2.33. The fourth-order valence-electron chi connectivity index (χ4n) is 2.01. The molecule has 122 valence electrons. The summed E-state index contributed by atoms with van der Waals surface area (Å²) in [7, 11) is 0. The number of thiocarbonyl (C=S) groups is 1. The Morgan fingerprint density at radius 2 is 2.17 bits per heavy atom. The van der Waals surface area contributed by atoms with Crippen molar-refractivity contribution in [1.82, 2.24) is 10.4 Å². The van der Waals surface area contributed by atoms with Gasteiger partial charge in [-0.1, -0.05) is 29.4 Å². The van der Waals surface area contributed by atoms with Crippen LogP contribution in [0.2, 0.25) is 5.02 Å². The predicted molar refractivity (Wildman–Crippen MR) is 103 cm³/mol. The van der Waals surface area contributed by atoms with Gasteiger partial charge >= 0.3 is 0 Å². The first-order valence-electron chi connectivity index (χ1n) is 6.84. The molecule has 1 N–H and O–H groups in total. The molecule has 8 heteroatoms. The fourth-order valence-corrected chi connectivity index (χ4v) is 4.30. The Morgan fingerprint density at radius 1 is 1.38 bits per heavy atom. The third-order valence-corrected chi connectivity index (χ3v) is 5.76. The molecule has 1 aliphatic heterocycles. The number of benzene rings is 1. The number of nitrogens with one attached hydrogen (secondary N) is 1. The van der Waals surface area contributed by atoms with Gasteiger partial charge in [-0.25, -0.2) is 0 Å². The summed E-state index contributed by atoms with van der Waals surface area (Å²) in [5.74, 6) is -0.782. The van der Waals surface area contributed by atoms with E-state index in [1.54, 1.807) is 35.6 Å². The van der Waals surface area contributed by atoms with Crippen molar-refractivity contribution in [3.8, 4) is 0 Å². The number of thiophene rings is 1. The van der Waals surface area contributed by atoms with E-state index in [-0.39, 0.29) is 10.2 Å². The van der Waals surface area contributed by atoms with E-state index in [4.69, 9.17) is 23.8 Å². The van der Waals surface area contributed by atoms with Crippen LogP contribution >= 0.6 is 46.9 Å². The van der Waals surface area contributed by atoms with Crippen molar-refractivity contribution >= 4 is 69.1 Å². The first-order chi connectivity index (χ1) is 11.5. The zero-order chi connectivity index (χ0) is 17.3. The van der Waals surface area contributed by atoms with Gasteiger partial charge in [0.05, 0.1) is 4.91 Å². The maximum Gasteiger partial charge on any atom is 0.285 e. The van der Waals surface area contributed by atoms with Crippen LogP contribution in [0.1, 0.15) is 20.8 Å². The maximum atomic E-state index is 12.5. The van der Waals surface area contributed by atoms with E-state index in [9.17, 15) is 9.59 Å². The molecule has 3 rings (SSSR count). The second kappa shape index (κ2) is 7.06. The van der Waals surface area contributed by atoms with E-state index in [1.807, 2.05) is 18.4 Å². The molecule has 1 fully saturated rings. The largest absolute Gasteiger partial charge is 0.285 e. The highest BCUT2D eigenvalue weighted by molar-refractivity contribution is 8.26. The molecular formula is C16H11ClN2O2S3. The number of aryl methyl sites for hydroxylation is 1. The summed E-state index contributed by atoms with van der Waals surface area (Å²) < 4.78 is 0.288. The molecule has 1 aliphatic rings. The Kier molecular flexibility index (Phi) is 5.05. The SMILES string of the molecule is Cc1ccsc1/C=C1/SC(=S)N(NC(=O)c2cccc(Cl)c2)C1=O. The standard InChI is InChI=1S/C16H11ClN2O2S3/c1-9-5-6-23-12(9)8-13-15(21)19(16(22)24-13)18-14(20)10-3-2-4-11(17)7-10/h2-8H,1H3,(H,18,20)/b13-8+. The van der Waals surface area contributed by atoms with Gasteiger partial charge < -0.3 is 0 Å². The smallest absolute Gasteiger partial charge is 0.267 e. The van der Waals surface area contributed by atoms with Crippen LogP contribution in [-0.2, 0) is 4.79 Å². The van der Waals surface area contributed by atoms with Gasteiger partial charge in [-0.15, -0.1) is 11.3 Å². The maximum absolute atomic E-state index is 12.5. The van der Waals surface area contributed by atoms with Crippen LogP contribution in [0.15, 0.2) is 40.6 Å². The van der Waals surface area contributed by atoms with Crippen LogP contribution in [0.25, 0.3) is 6.08 Å². The Labute approximate surface area is 157 Å². The van der Waals surface area contributed by atoms with E-state index < -0.39 is 5.91 Å². The molecule has 2 amide bonds. The minimum atomic E-state index is -0.442. The number of hydrazine groups is 1. The number of carbonyl (C=O) groups excluding carboxylic acids is 2.